The maximum atomic E-state index is 12.0. The van der Waals surface area contributed by atoms with Crippen molar-refractivity contribution in [2.75, 3.05) is 13.6 Å². The Hall–Kier alpha value is -2.31. The molecule has 7 nitrogen and oxygen atoms in total. The van der Waals surface area contributed by atoms with Crippen molar-refractivity contribution >= 4 is 12.0 Å². The van der Waals surface area contributed by atoms with Gasteiger partial charge in [0.2, 0.25) is 0 Å². The van der Waals surface area contributed by atoms with Crippen molar-refractivity contribution in [3.8, 4) is 5.75 Å². The minimum Gasteiger partial charge on any atom is -0.485 e. The summed E-state index contributed by atoms with van der Waals surface area (Å²) in [6.45, 7) is 7.88. The lowest BCUT2D eigenvalue weighted by molar-refractivity contribution is -0.0537. The van der Waals surface area contributed by atoms with Gasteiger partial charge in [0.15, 0.2) is 0 Å². The first-order chi connectivity index (χ1) is 10.7. The zero-order valence-corrected chi connectivity index (χ0v) is 14.1. The summed E-state index contributed by atoms with van der Waals surface area (Å²) in [5, 5.41) is 2.51. The van der Waals surface area contributed by atoms with Crippen molar-refractivity contribution in [2.45, 2.75) is 45.4 Å². The fraction of sp³-hybridized carbons (Fsp3) is 0.562. The number of hydrogen-bond acceptors (Lipinski definition) is 5. The number of carbonyl (C=O) groups excluding carboxylic acids is 2. The molecule has 0 radical (unpaired) electrons. The lowest BCUT2D eigenvalue weighted by Gasteiger charge is -2.45. The predicted octanol–water partition coefficient (Wildman–Crippen LogP) is 1.83. The summed E-state index contributed by atoms with van der Waals surface area (Å²) in [6.07, 6.45) is 1.06. The second kappa shape index (κ2) is 6.44. The van der Waals surface area contributed by atoms with Gasteiger partial charge in [0.05, 0.1) is 18.8 Å². The van der Waals surface area contributed by atoms with Gasteiger partial charge in [-0.15, -0.1) is 0 Å². The van der Waals surface area contributed by atoms with Crippen LogP contribution in [0.5, 0.6) is 5.75 Å². The Kier molecular flexibility index (Phi) is 4.77. The second-order valence-electron chi connectivity index (χ2n) is 6.49. The molecule has 7 heteroatoms. The van der Waals surface area contributed by atoms with Gasteiger partial charge in [0.1, 0.15) is 23.1 Å². The van der Waals surface area contributed by atoms with Gasteiger partial charge in [-0.1, -0.05) is 0 Å². The molecule has 1 aromatic rings. The molecule has 0 aromatic carbocycles. The number of amides is 2. The van der Waals surface area contributed by atoms with Crippen LogP contribution >= 0.6 is 0 Å². The molecule has 0 saturated carbocycles. The average molecular weight is 321 g/mol. The third-order valence-electron chi connectivity index (χ3n) is 3.52. The van der Waals surface area contributed by atoms with Gasteiger partial charge in [-0.25, -0.2) is 9.78 Å². The van der Waals surface area contributed by atoms with Gasteiger partial charge in [-0.05, 0) is 39.8 Å². The minimum atomic E-state index is -0.512. The first-order valence-corrected chi connectivity index (χ1v) is 7.55. The van der Waals surface area contributed by atoms with Gasteiger partial charge >= 0.3 is 6.09 Å². The fourth-order valence-electron chi connectivity index (χ4n) is 2.16. The topological polar surface area (TPSA) is 80.8 Å². The Labute approximate surface area is 136 Å². The molecule has 1 fully saturated rings. The highest BCUT2D eigenvalue weighted by atomic mass is 16.6. The summed E-state index contributed by atoms with van der Waals surface area (Å²) in [5.41, 5.74) is -0.181. The largest absolute Gasteiger partial charge is 0.485 e. The van der Waals surface area contributed by atoms with Gasteiger partial charge < -0.3 is 14.8 Å². The van der Waals surface area contributed by atoms with E-state index < -0.39 is 5.60 Å². The molecule has 0 unspecified atom stereocenters. The van der Waals surface area contributed by atoms with E-state index in [1.807, 2.05) is 27.7 Å². The Morgan fingerprint density at radius 2 is 2.04 bits per heavy atom. The van der Waals surface area contributed by atoms with Crippen LogP contribution in [0.25, 0.3) is 0 Å². The Balaban J connectivity index is 1.89. The molecule has 2 atom stereocenters. The maximum Gasteiger partial charge on any atom is 0.410 e. The van der Waals surface area contributed by atoms with E-state index in [0.717, 1.165) is 0 Å². The number of ether oxygens (including phenoxy) is 2. The van der Waals surface area contributed by atoms with E-state index in [0.29, 0.717) is 18.0 Å². The van der Waals surface area contributed by atoms with E-state index in [1.165, 1.54) is 6.20 Å². The highest BCUT2D eigenvalue weighted by Crippen LogP contribution is 2.25. The van der Waals surface area contributed by atoms with Crippen LogP contribution in [0.3, 0.4) is 0 Å². The molecule has 1 aromatic heterocycles. The number of carbonyl (C=O) groups is 2. The van der Waals surface area contributed by atoms with Crippen LogP contribution in [0, 0.1) is 0 Å². The number of nitrogens with one attached hydrogen (secondary N) is 1. The summed E-state index contributed by atoms with van der Waals surface area (Å²) in [7, 11) is 1.55. The van der Waals surface area contributed by atoms with E-state index in [9.17, 15) is 9.59 Å². The summed E-state index contributed by atoms with van der Waals surface area (Å²) < 4.78 is 11.1. The number of aromatic nitrogens is 1. The molecule has 1 saturated heterocycles. The Morgan fingerprint density at radius 3 is 2.52 bits per heavy atom. The maximum absolute atomic E-state index is 12.0. The van der Waals surface area contributed by atoms with Gasteiger partial charge in [0.25, 0.3) is 5.91 Å². The van der Waals surface area contributed by atoms with Gasteiger partial charge in [-0.3, -0.25) is 9.69 Å². The van der Waals surface area contributed by atoms with Crippen molar-refractivity contribution in [1.29, 1.82) is 0 Å². The molecular formula is C16H23N3O4. The summed E-state index contributed by atoms with van der Waals surface area (Å²) in [4.78, 5) is 29.1. The van der Waals surface area contributed by atoms with Crippen LogP contribution < -0.4 is 10.1 Å². The summed E-state index contributed by atoms with van der Waals surface area (Å²) >= 11 is 0. The molecule has 0 spiro atoms. The monoisotopic (exact) mass is 321 g/mol. The molecule has 23 heavy (non-hydrogen) atoms. The number of pyridine rings is 1. The molecule has 0 bridgehead atoms. The third kappa shape index (κ3) is 4.12. The quantitative estimate of drug-likeness (QED) is 0.918. The van der Waals surface area contributed by atoms with Crippen LogP contribution in [-0.2, 0) is 4.74 Å². The molecule has 2 rings (SSSR count). The summed E-state index contributed by atoms with van der Waals surface area (Å²) in [5.74, 6) is 0.322. The van der Waals surface area contributed by atoms with Crippen LogP contribution in [0.2, 0.25) is 0 Å². The highest BCUT2D eigenvalue weighted by molar-refractivity contribution is 5.91. The molecular weight excluding hydrogens is 298 g/mol. The zero-order valence-electron chi connectivity index (χ0n) is 14.1. The number of hydrogen-bond donors (Lipinski definition) is 1. The van der Waals surface area contributed by atoms with E-state index in [2.05, 4.69) is 10.3 Å². The number of rotatable bonds is 3. The third-order valence-corrected chi connectivity index (χ3v) is 3.52. The summed E-state index contributed by atoms with van der Waals surface area (Å²) in [6, 6.07) is 3.22. The normalized spacial score (nSPS) is 20.5. The molecule has 0 aliphatic carbocycles. The van der Waals surface area contributed by atoms with E-state index >= 15 is 0 Å². The van der Waals surface area contributed by atoms with Crippen LogP contribution in [0.15, 0.2) is 18.3 Å². The van der Waals surface area contributed by atoms with Crippen molar-refractivity contribution < 1.29 is 19.1 Å². The Morgan fingerprint density at radius 1 is 1.35 bits per heavy atom. The number of nitrogens with zero attached hydrogens (tertiary/aromatic N) is 2. The number of likely N-dealkylation sites (tertiary alicyclic amines) is 1. The van der Waals surface area contributed by atoms with E-state index in [-0.39, 0.29) is 24.1 Å². The lowest BCUT2D eigenvalue weighted by atomic mass is 10.0. The Bertz CT molecular complexity index is 580. The second-order valence-corrected chi connectivity index (χ2v) is 6.49. The molecule has 1 N–H and O–H groups in total. The average Bonchev–Trinajstić information content (AvgIpc) is 2.48. The van der Waals surface area contributed by atoms with Crippen molar-refractivity contribution in [1.82, 2.24) is 15.2 Å². The molecule has 1 aliphatic rings. The van der Waals surface area contributed by atoms with Crippen LogP contribution in [-0.4, -0.2) is 53.2 Å². The van der Waals surface area contributed by atoms with Crippen LogP contribution in [0.4, 0.5) is 4.79 Å². The molecule has 2 amide bonds. The van der Waals surface area contributed by atoms with E-state index in [4.69, 9.17) is 9.47 Å². The first kappa shape index (κ1) is 17.1. The van der Waals surface area contributed by atoms with Crippen molar-refractivity contribution in [2.24, 2.45) is 0 Å². The molecule has 126 valence electrons. The van der Waals surface area contributed by atoms with Crippen molar-refractivity contribution in [3.05, 3.63) is 24.0 Å². The van der Waals surface area contributed by atoms with Gasteiger partial charge in [0, 0.05) is 7.05 Å². The predicted molar refractivity (Wildman–Crippen MR) is 84.4 cm³/mol. The van der Waals surface area contributed by atoms with Gasteiger partial charge in [-0.2, -0.15) is 0 Å². The fourth-order valence-corrected chi connectivity index (χ4v) is 2.16. The van der Waals surface area contributed by atoms with Crippen molar-refractivity contribution in [3.63, 3.8) is 0 Å². The molecule has 2 heterocycles. The van der Waals surface area contributed by atoms with E-state index in [1.54, 1.807) is 24.1 Å². The molecule has 1 aliphatic heterocycles. The SMILES string of the molecule is CNC(=O)c1ccc(O[C@@H]2CN(C(=O)OC(C)(C)C)[C@H]2C)cn1. The smallest absolute Gasteiger partial charge is 0.410 e. The van der Waals surface area contributed by atoms with Crippen LogP contribution in [0.1, 0.15) is 38.2 Å². The first-order valence-electron chi connectivity index (χ1n) is 7.55. The zero-order chi connectivity index (χ0) is 17.2. The standard InChI is InChI=1S/C16H23N3O4/c1-10-13(9-19(10)15(21)23-16(2,3)4)22-11-6-7-12(18-8-11)14(20)17-5/h6-8,10,13H,9H2,1-5H3,(H,17,20)/t10-,13+/m0/s1. The minimum absolute atomic E-state index is 0.0801. The lowest BCUT2D eigenvalue weighted by Crippen LogP contribution is -2.63. The highest BCUT2D eigenvalue weighted by Gasteiger charge is 2.42.